The maximum Gasteiger partial charge on any atom is 0.326 e. The number of carboxylic acid groups (broad SMARTS) is 1. The van der Waals surface area contributed by atoms with E-state index >= 15 is 0 Å². The molecule has 0 saturated carbocycles. The van der Waals surface area contributed by atoms with Gasteiger partial charge < -0.3 is 10.0 Å². The van der Waals surface area contributed by atoms with Gasteiger partial charge in [-0.2, -0.15) is 0 Å². The van der Waals surface area contributed by atoms with E-state index in [1.165, 1.54) is 11.3 Å². The molecule has 0 amide bonds. The fraction of sp³-hybridized carbons (Fsp3) is 0.667. The van der Waals surface area contributed by atoms with Crippen LogP contribution in [0, 0.1) is 0 Å². The second kappa shape index (κ2) is 2.51. The van der Waals surface area contributed by atoms with Crippen LogP contribution in [0.25, 0.3) is 0 Å². The van der Waals surface area contributed by atoms with Crippen LogP contribution in [0.15, 0.2) is 11.3 Å². The minimum absolute atomic E-state index is 0.238. The number of allylic oxidation sites excluding steroid dienone is 2. The van der Waals surface area contributed by atoms with Crippen molar-refractivity contribution in [1.29, 1.82) is 0 Å². The van der Waals surface area contributed by atoms with Crippen LogP contribution in [0.4, 0.5) is 0 Å². The zero-order chi connectivity index (χ0) is 8.72. The summed E-state index contributed by atoms with van der Waals surface area (Å²) in [5, 5.41) is 8.88. The molecule has 1 saturated heterocycles. The lowest BCUT2D eigenvalue weighted by Crippen LogP contribution is -2.32. The van der Waals surface area contributed by atoms with E-state index in [9.17, 15) is 4.79 Å². The van der Waals surface area contributed by atoms with E-state index in [0.717, 1.165) is 25.8 Å². The molecule has 1 atom stereocenters. The van der Waals surface area contributed by atoms with E-state index in [0.29, 0.717) is 0 Å². The molecule has 0 aromatic rings. The monoisotopic (exact) mass is 167 g/mol. The highest BCUT2D eigenvalue weighted by atomic mass is 16.4. The highest BCUT2D eigenvalue weighted by molar-refractivity contribution is 5.74. The molecule has 1 aliphatic heterocycles. The van der Waals surface area contributed by atoms with E-state index in [1.54, 1.807) is 0 Å². The summed E-state index contributed by atoms with van der Waals surface area (Å²) in [5.74, 6) is -0.667. The smallest absolute Gasteiger partial charge is 0.326 e. The van der Waals surface area contributed by atoms with Gasteiger partial charge in [-0.05, 0) is 25.3 Å². The van der Waals surface area contributed by atoms with Crippen LogP contribution < -0.4 is 0 Å². The molecule has 1 fully saturated rings. The van der Waals surface area contributed by atoms with Crippen molar-refractivity contribution in [2.45, 2.75) is 32.2 Å². The van der Waals surface area contributed by atoms with Crippen LogP contribution in [0.3, 0.4) is 0 Å². The minimum atomic E-state index is -0.667. The zero-order valence-corrected chi connectivity index (χ0v) is 7.21. The Morgan fingerprint density at radius 2 is 2.33 bits per heavy atom. The standard InChI is InChI=1S/C9H13NO2/c1-6-5-8(6)10-4-2-3-7(10)9(11)12/h7H,2-5H2,1H3,(H,11,12). The molecule has 1 aliphatic carbocycles. The Morgan fingerprint density at radius 3 is 2.83 bits per heavy atom. The summed E-state index contributed by atoms with van der Waals surface area (Å²) < 4.78 is 0. The molecule has 0 aromatic heterocycles. The summed E-state index contributed by atoms with van der Waals surface area (Å²) in [6, 6.07) is -0.238. The van der Waals surface area contributed by atoms with Crippen molar-refractivity contribution < 1.29 is 9.90 Å². The van der Waals surface area contributed by atoms with Crippen molar-refractivity contribution in [3.63, 3.8) is 0 Å². The predicted octanol–water partition coefficient (Wildman–Crippen LogP) is 1.21. The number of rotatable bonds is 2. The molecule has 2 aliphatic rings. The van der Waals surface area contributed by atoms with Crippen molar-refractivity contribution in [2.75, 3.05) is 6.54 Å². The second-order valence-electron chi connectivity index (χ2n) is 3.59. The maximum absolute atomic E-state index is 10.8. The first-order valence-electron chi connectivity index (χ1n) is 4.38. The molecule has 0 spiro atoms. The SMILES string of the molecule is CC1=C(N2CCCC2C(=O)O)C1. The molecule has 2 rings (SSSR count). The van der Waals surface area contributed by atoms with Gasteiger partial charge in [0, 0.05) is 18.7 Å². The van der Waals surface area contributed by atoms with Crippen LogP contribution in [0.2, 0.25) is 0 Å². The Labute approximate surface area is 71.7 Å². The molecule has 3 heteroatoms. The van der Waals surface area contributed by atoms with Gasteiger partial charge >= 0.3 is 5.97 Å². The number of carbonyl (C=O) groups is 1. The quantitative estimate of drug-likeness (QED) is 0.672. The van der Waals surface area contributed by atoms with Gasteiger partial charge in [0.15, 0.2) is 0 Å². The number of hydrogen-bond donors (Lipinski definition) is 1. The lowest BCUT2D eigenvalue weighted by Gasteiger charge is -2.19. The number of nitrogens with zero attached hydrogens (tertiary/aromatic N) is 1. The van der Waals surface area contributed by atoms with E-state index in [4.69, 9.17) is 5.11 Å². The molecule has 1 heterocycles. The third kappa shape index (κ3) is 1.09. The fourth-order valence-electron chi connectivity index (χ4n) is 1.90. The summed E-state index contributed by atoms with van der Waals surface area (Å²) in [6.45, 7) is 3.01. The molecule has 0 radical (unpaired) electrons. The Morgan fingerprint density at radius 1 is 1.67 bits per heavy atom. The third-order valence-corrected chi connectivity index (χ3v) is 2.68. The lowest BCUT2D eigenvalue weighted by atomic mass is 10.2. The average Bonchev–Trinajstić information content (AvgIpc) is 2.58. The summed E-state index contributed by atoms with van der Waals surface area (Å²) >= 11 is 0. The minimum Gasteiger partial charge on any atom is -0.480 e. The Hall–Kier alpha value is -0.990. The number of likely N-dealkylation sites (tertiary alicyclic amines) is 1. The van der Waals surface area contributed by atoms with Gasteiger partial charge in [0.05, 0.1) is 0 Å². The topological polar surface area (TPSA) is 40.5 Å². The molecule has 66 valence electrons. The number of aliphatic carboxylic acids is 1. The predicted molar refractivity (Wildman–Crippen MR) is 44.7 cm³/mol. The van der Waals surface area contributed by atoms with Gasteiger partial charge in [0.25, 0.3) is 0 Å². The van der Waals surface area contributed by atoms with Crippen LogP contribution in [0.1, 0.15) is 26.2 Å². The Bertz CT molecular complexity index is 257. The molecule has 12 heavy (non-hydrogen) atoms. The zero-order valence-electron chi connectivity index (χ0n) is 7.21. The normalized spacial score (nSPS) is 28.1. The molecule has 1 N–H and O–H groups in total. The van der Waals surface area contributed by atoms with Crippen LogP contribution in [-0.2, 0) is 4.79 Å². The molecule has 3 nitrogen and oxygen atoms in total. The van der Waals surface area contributed by atoms with Crippen molar-refractivity contribution in [2.24, 2.45) is 0 Å². The maximum atomic E-state index is 10.8. The first-order chi connectivity index (χ1) is 5.70. The number of hydrogen-bond acceptors (Lipinski definition) is 2. The molecular weight excluding hydrogens is 154 g/mol. The van der Waals surface area contributed by atoms with Gasteiger partial charge in [-0.25, -0.2) is 4.79 Å². The molecule has 0 aromatic carbocycles. The first kappa shape index (κ1) is 7.65. The largest absolute Gasteiger partial charge is 0.480 e. The molecule has 0 bridgehead atoms. The first-order valence-corrected chi connectivity index (χ1v) is 4.38. The third-order valence-electron chi connectivity index (χ3n) is 2.68. The number of carboxylic acids is 1. The van der Waals surface area contributed by atoms with Gasteiger partial charge in [0.2, 0.25) is 0 Å². The van der Waals surface area contributed by atoms with Crippen molar-refractivity contribution in [3.05, 3.63) is 11.3 Å². The van der Waals surface area contributed by atoms with Gasteiger partial charge in [-0.15, -0.1) is 0 Å². The van der Waals surface area contributed by atoms with Crippen molar-refractivity contribution in [1.82, 2.24) is 4.90 Å². The van der Waals surface area contributed by atoms with Gasteiger partial charge in [0.1, 0.15) is 6.04 Å². The summed E-state index contributed by atoms with van der Waals surface area (Å²) in [6.07, 6.45) is 2.86. The van der Waals surface area contributed by atoms with Crippen molar-refractivity contribution >= 4 is 5.97 Å². The lowest BCUT2D eigenvalue weighted by molar-refractivity contribution is -0.141. The van der Waals surface area contributed by atoms with E-state index in [1.807, 2.05) is 0 Å². The van der Waals surface area contributed by atoms with E-state index < -0.39 is 5.97 Å². The van der Waals surface area contributed by atoms with E-state index in [2.05, 4.69) is 11.8 Å². The summed E-state index contributed by atoms with van der Waals surface area (Å²) in [4.78, 5) is 12.8. The van der Waals surface area contributed by atoms with Crippen molar-refractivity contribution in [3.8, 4) is 0 Å². The second-order valence-corrected chi connectivity index (χ2v) is 3.59. The van der Waals surface area contributed by atoms with Crippen LogP contribution in [-0.4, -0.2) is 28.6 Å². The summed E-state index contributed by atoms with van der Waals surface area (Å²) in [7, 11) is 0. The highest BCUT2D eigenvalue weighted by Crippen LogP contribution is 2.37. The average molecular weight is 167 g/mol. The summed E-state index contributed by atoms with van der Waals surface area (Å²) in [5.41, 5.74) is 2.64. The fourth-order valence-corrected chi connectivity index (χ4v) is 1.90. The Balaban J connectivity index is 2.10. The van der Waals surface area contributed by atoms with Gasteiger partial charge in [-0.3, -0.25) is 0 Å². The highest BCUT2D eigenvalue weighted by Gasteiger charge is 2.36. The molecule has 1 unspecified atom stereocenters. The Kier molecular flexibility index (Phi) is 1.60. The molecular formula is C9H13NO2. The van der Waals surface area contributed by atoms with Gasteiger partial charge in [-0.1, -0.05) is 0 Å². The van der Waals surface area contributed by atoms with E-state index in [-0.39, 0.29) is 6.04 Å². The van der Waals surface area contributed by atoms with Crippen LogP contribution >= 0.6 is 0 Å². The van der Waals surface area contributed by atoms with Crippen LogP contribution in [0.5, 0.6) is 0 Å².